The highest BCUT2D eigenvalue weighted by molar-refractivity contribution is 9.10. The topological polar surface area (TPSA) is 103 Å². The molecule has 7 nitrogen and oxygen atoms in total. The summed E-state index contributed by atoms with van der Waals surface area (Å²) < 4.78 is -3.02. The van der Waals surface area contributed by atoms with Crippen molar-refractivity contribution >= 4 is 21.7 Å². The lowest BCUT2D eigenvalue weighted by Gasteiger charge is -2.08. The fourth-order valence-electron chi connectivity index (χ4n) is 1.01. The van der Waals surface area contributed by atoms with E-state index in [2.05, 4.69) is 15.9 Å². The number of Topliss-reactive ketones (excluding diaryl/α,β-unsaturated/α-hetero) is 1. The van der Waals surface area contributed by atoms with E-state index < -0.39 is 20.2 Å². The Balaban J connectivity index is 3.22. The number of carbonyl (C=O) groups excluding carboxylic acids is 1. The molecule has 0 amide bonds. The predicted octanol–water partition coefficient (Wildman–Crippen LogP) is 1.47. The Morgan fingerprint density at radius 3 is 1.94 bits per heavy atom. The van der Waals surface area contributed by atoms with Crippen LogP contribution in [0.15, 0.2) is 30.3 Å². The third-order valence-electron chi connectivity index (χ3n) is 1.81. The molecule has 0 saturated heterocycles. The number of benzene rings is 1. The molecule has 0 spiro atoms. The highest BCUT2D eigenvalue weighted by Crippen LogP contribution is 2.24. The lowest BCUT2D eigenvalue weighted by molar-refractivity contribution is -0.736. The van der Waals surface area contributed by atoms with Gasteiger partial charge in [0, 0.05) is 5.56 Å². The number of hydrogen-bond acceptors (Lipinski definition) is 5. The molecule has 0 aromatic heterocycles. The minimum atomic E-state index is -3.02. The van der Waals surface area contributed by atoms with Gasteiger partial charge in [0.25, 0.3) is 0 Å². The minimum absolute atomic E-state index is 0.104. The van der Waals surface area contributed by atoms with Crippen molar-refractivity contribution in [2.24, 2.45) is 0 Å². The van der Waals surface area contributed by atoms with Crippen LogP contribution in [0.4, 0.5) is 0 Å². The third kappa shape index (κ3) is 1.91. The minimum Gasteiger partial charge on any atom is -0.276 e. The normalized spacial score (nSPS) is 10.8. The van der Waals surface area contributed by atoms with Crippen molar-refractivity contribution in [1.29, 1.82) is 0 Å². The van der Waals surface area contributed by atoms with E-state index in [1.54, 1.807) is 6.07 Å². The molecule has 0 fully saturated rings. The van der Waals surface area contributed by atoms with Crippen LogP contribution in [-0.4, -0.2) is 20.2 Å². The molecular formula is C8H5BrN2O5. The zero-order valence-corrected chi connectivity index (χ0v) is 9.29. The van der Waals surface area contributed by atoms with E-state index in [-0.39, 0.29) is 5.56 Å². The maximum absolute atomic E-state index is 11.6. The van der Waals surface area contributed by atoms with Crippen LogP contribution >= 0.6 is 15.9 Å². The number of hydrogen-bond donors (Lipinski definition) is 0. The number of nitro groups is 2. The van der Waals surface area contributed by atoms with Crippen molar-refractivity contribution in [3.8, 4) is 0 Å². The van der Waals surface area contributed by atoms with Gasteiger partial charge in [0.15, 0.2) is 0 Å². The van der Waals surface area contributed by atoms with Gasteiger partial charge in [-0.15, -0.1) is 0 Å². The molecule has 1 aromatic carbocycles. The molecule has 0 radical (unpaired) electrons. The summed E-state index contributed by atoms with van der Waals surface area (Å²) in [4.78, 5) is 30.2. The van der Waals surface area contributed by atoms with Crippen LogP contribution in [0.5, 0.6) is 0 Å². The molecule has 0 heterocycles. The first-order valence-corrected chi connectivity index (χ1v) is 4.77. The number of alkyl halides is 1. The molecule has 0 atom stereocenters. The summed E-state index contributed by atoms with van der Waals surface area (Å²) in [6, 6.07) is 7.04. The maximum atomic E-state index is 11.6. The molecular weight excluding hydrogens is 284 g/mol. The smallest absolute Gasteiger partial charge is 0.276 e. The van der Waals surface area contributed by atoms with Crippen LogP contribution in [0, 0.1) is 20.2 Å². The van der Waals surface area contributed by atoms with Crippen LogP contribution in [0.25, 0.3) is 0 Å². The molecule has 0 aliphatic heterocycles. The standard InChI is InChI=1S/C8H5BrN2O5/c9-8(10(13)14,11(15)16)7(12)6-4-2-1-3-5-6/h1-5H. The molecule has 0 unspecified atom stereocenters. The van der Waals surface area contributed by atoms with Gasteiger partial charge < -0.3 is 0 Å². The molecule has 0 bridgehead atoms. The Morgan fingerprint density at radius 1 is 1.12 bits per heavy atom. The van der Waals surface area contributed by atoms with E-state index in [4.69, 9.17) is 0 Å². The molecule has 0 N–H and O–H groups in total. The summed E-state index contributed by atoms with van der Waals surface area (Å²) in [5.41, 5.74) is -0.104. The number of rotatable bonds is 4. The van der Waals surface area contributed by atoms with Gasteiger partial charge in [-0.2, -0.15) is 0 Å². The highest BCUT2D eigenvalue weighted by atomic mass is 79.9. The largest absolute Gasteiger partial charge is 0.573 e. The first-order chi connectivity index (χ1) is 7.40. The number of ketones is 1. The van der Waals surface area contributed by atoms with Gasteiger partial charge in [0.05, 0.1) is 0 Å². The van der Waals surface area contributed by atoms with Gasteiger partial charge in [-0.05, 0) is 0 Å². The van der Waals surface area contributed by atoms with Crippen molar-refractivity contribution in [2.45, 2.75) is 4.57 Å². The highest BCUT2D eigenvalue weighted by Gasteiger charge is 2.61. The van der Waals surface area contributed by atoms with Crippen LogP contribution in [0.1, 0.15) is 10.4 Å². The van der Waals surface area contributed by atoms with Gasteiger partial charge >= 0.3 is 10.4 Å². The fourth-order valence-corrected chi connectivity index (χ4v) is 1.23. The molecule has 1 rings (SSSR count). The first-order valence-electron chi connectivity index (χ1n) is 3.98. The number of carbonyl (C=O) groups is 1. The maximum Gasteiger partial charge on any atom is 0.573 e. The lowest BCUT2D eigenvalue weighted by atomic mass is 10.1. The van der Waals surface area contributed by atoms with E-state index in [1.165, 1.54) is 24.3 Å². The van der Waals surface area contributed by atoms with Gasteiger partial charge in [0.2, 0.25) is 0 Å². The molecule has 16 heavy (non-hydrogen) atoms. The van der Waals surface area contributed by atoms with E-state index in [9.17, 15) is 25.0 Å². The van der Waals surface area contributed by atoms with Gasteiger partial charge in [-0.25, -0.2) is 0 Å². The van der Waals surface area contributed by atoms with Crippen molar-refractivity contribution in [3.63, 3.8) is 0 Å². The zero-order chi connectivity index (χ0) is 12.3. The zero-order valence-electron chi connectivity index (χ0n) is 7.70. The van der Waals surface area contributed by atoms with E-state index in [0.717, 1.165) is 0 Å². The van der Waals surface area contributed by atoms with E-state index >= 15 is 0 Å². The first kappa shape index (κ1) is 12.2. The molecule has 0 aliphatic carbocycles. The average molecular weight is 289 g/mol. The molecule has 84 valence electrons. The molecule has 1 aromatic rings. The van der Waals surface area contributed by atoms with Gasteiger partial charge in [-0.1, -0.05) is 30.3 Å². The third-order valence-corrected chi connectivity index (χ3v) is 2.75. The van der Waals surface area contributed by atoms with Crippen molar-refractivity contribution in [1.82, 2.24) is 0 Å². The van der Waals surface area contributed by atoms with Crippen LogP contribution < -0.4 is 0 Å². The second-order valence-electron chi connectivity index (χ2n) is 2.80. The van der Waals surface area contributed by atoms with Crippen molar-refractivity contribution in [3.05, 3.63) is 56.1 Å². The summed E-state index contributed by atoms with van der Waals surface area (Å²) in [6.07, 6.45) is 0. The average Bonchev–Trinajstić information content (AvgIpc) is 2.27. The Labute approximate surface area is 97.5 Å². The monoisotopic (exact) mass is 288 g/mol. The second-order valence-corrected chi connectivity index (χ2v) is 3.90. The molecule has 0 saturated carbocycles. The number of halogens is 1. The Morgan fingerprint density at radius 2 is 1.56 bits per heavy atom. The van der Waals surface area contributed by atoms with Crippen LogP contribution in [0.2, 0.25) is 0 Å². The Kier molecular flexibility index (Phi) is 3.33. The Hall–Kier alpha value is -1.83. The van der Waals surface area contributed by atoms with E-state index in [1.807, 2.05) is 0 Å². The van der Waals surface area contributed by atoms with Gasteiger partial charge in [0.1, 0.15) is 25.8 Å². The summed E-state index contributed by atoms with van der Waals surface area (Å²) in [5.74, 6) is -1.22. The number of nitrogens with zero attached hydrogens (tertiary/aromatic N) is 2. The summed E-state index contributed by atoms with van der Waals surface area (Å²) in [5, 5.41) is 21.1. The van der Waals surface area contributed by atoms with Crippen LogP contribution in [0.3, 0.4) is 0 Å². The summed E-state index contributed by atoms with van der Waals surface area (Å²) >= 11 is 2.27. The SMILES string of the molecule is O=C(c1ccccc1)C(Br)([N+](=O)[O-])[N+](=O)[O-]. The van der Waals surface area contributed by atoms with Crippen molar-refractivity contribution in [2.75, 3.05) is 0 Å². The van der Waals surface area contributed by atoms with Crippen LogP contribution in [-0.2, 0) is 0 Å². The molecule has 8 heteroatoms. The predicted molar refractivity (Wildman–Crippen MR) is 56.4 cm³/mol. The quantitative estimate of drug-likeness (QED) is 0.208. The molecule has 0 aliphatic rings. The fraction of sp³-hybridized carbons (Fsp3) is 0.125. The van der Waals surface area contributed by atoms with Crippen molar-refractivity contribution < 1.29 is 14.6 Å². The summed E-state index contributed by atoms with van der Waals surface area (Å²) in [7, 11) is 0. The van der Waals surface area contributed by atoms with E-state index in [0.29, 0.717) is 0 Å². The Bertz CT molecular complexity index is 433. The second kappa shape index (κ2) is 4.35. The van der Waals surface area contributed by atoms with Gasteiger partial charge in [-0.3, -0.25) is 25.0 Å². The summed E-state index contributed by atoms with van der Waals surface area (Å²) in [6.45, 7) is 0. The lowest BCUT2D eigenvalue weighted by Crippen LogP contribution is -2.47.